The van der Waals surface area contributed by atoms with Crippen LogP contribution in [0, 0.1) is 12.7 Å². The SMILES string of the molecule is COc1cc(C(C)NCCc2nc(C)cs2)ccc1F. The van der Waals surface area contributed by atoms with Crippen LogP contribution in [0.5, 0.6) is 5.75 Å². The number of nitrogens with zero attached hydrogens (tertiary/aromatic N) is 1. The van der Waals surface area contributed by atoms with Gasteiger partial charge in [0.05, 0.1) is 12.1 Å². The van der Waals surface area contributed by atoms with Crippen LogP contribution in [-0.4, -0.2) is 18.6 Å². The van der Waals surface area contributed by atoms with E-state index in [1.165, 1.54) is 13.2 Å². The Labute approximate surface area is 122 Å². The van der Waals surface area contributed by atoms with Gasteiger partial charge in [0.2, 0.25) is 0 Å². The predicted molar refractivity (Wildman–Crippen MR) is 79.9 cm³/mol. The lowest BCUT2D eigenvalue weighted by Gasteiger charge is -2.15. The molecule has 20 heavy (non-hydrogen) atoms. The van der Waals surface area contributed by atoms with E-state index < -0.39 is 0 Å². The van der Waals surface area contributed by atoms with Crippen molar-refractivity contribution in [1.29, 1.82) is 0 Å². The zero-order valence-electron chi connectivity index (χ0n) is 11.9. The first kappa shape index (κ1) is 14.9. The third-order valence-electron chi connectivity index (χ3n) is 3.13. The van der Waals surface area contributed by atoms with Crippen LogP contribution >= 0.6 is 11.3 Å². The van der Waals surface area contributed by atoms with E-state index in [1.54, 1.807) is 23.5 Å². The number of benzene rings is 1. The van der Waals surface area contributed by atoms with Crippen molar-refractivity contribution in [3.8, 4) is 5.75 Å². The van der Waals surface area contributed by atoms with Crippen LogP contribution < -0.4 is 10.1 Å². The Morgan fingerprint density at radius 2 is 2.25 bits per heavy atom. The van der Waals surface area contributed by atoms with Crippen molar-refractivity contribution in [2.75, 3.05) is 13.7 Å². The summed E-state index contributed by atoms with van der Waals surface area (Å²) in [5, 5.41) is 6.61. The fourth-order valence-electron chi connectivity index (χ4n) is 1.98. The van der Waals surface area contributed by atoms with E-state index in [0.29, 0.717) is 0 Å². The maximum absolute atomic E-state index is 13.4. The smallest absolute Gasteiger partial charge is 0.165 e. The highest BCUT2D eigenvalue weighted by atomic mass is 32.1. The summed E-state index contributed by atoms with van der Waals surface area (Å²) in [6.07, 6.45) is 0.904. The molecule has 2 rings (SSSR count). The van der Waals surface area contributed by atoms with E-state index in [2.05, 4.69) is 22.6 Å². The average Bonchev–Trinajstić information content (AvgIpc) is 2.85. The molecule has 1 aromatic carbocycles. The van der Waals surface area contributed by atoms with Crippen molar-refractivity contribution in [2.24, 2.45) is 0 Å². The molecule has 0 amide bonds. The molecule has 0 aliphatic rings. The summed E-state index contributed by atoms with van der Waals surface area (Å²) in [5.74, 6) is -0.0478. The number of thiazole rings is 1. The third-order valence-corrected chi connectivity index (χ3v) is 4.16. The van der Waals surface area contributed by atoms with Gasteiger partial charge in [-0.3, -0.25) is 0 Å². The highest BCUT2D eigenvalue weighted by molar-refractivity contribution is 7.09. The van der Waals surface area contributed by atoms with E-state index in [4.69, 9.17) is 4.74 Å². The quantitative estimate of drug-likeness (QED) is 0.885. The first-order valence-electron chi connectivity index (χ1n) is 6.58. The van der Waals surface area contributed by atoms with E-state index >= 15 is 0 Å². The lowest BCUT2D eigenvalue weighted by Crippen LogP contribution is -2.21. The minimum atomic E-state index is -0.332. The van der Waals surface area contributed by atoms with Crippen LogP contribution in [0.1, 0.15) is 29.2 Å². The zero-order valence-corrected chi connectivity index (χ0v) is 12.8. The van der Waals surface area contributed by atoms with Gasteiger partial charge in [-0.2, -0.15) is 0 Å². The van der Waals surface area contributed by atoms with Gasteiger partial charge in [0, 0.05) is 30.1 Å². The molecule has 3 nitrogen and oxygen atoms in total. The second-order valence-corrected chi connectivity index (χ2v) is 5.65. The Balaban J connectivity index is 1.89. The van der Waals surface area contributed by atoms with Gasteiger partial charge in [0.1, 0.15) is 0 Å². The fraction of sp³-hybridized carbons (Fsp3) is 0.400. The number of hydrogen-bond donors (Lipinski definition) is 1. The number of rotatable bonds is 6. The number of halogens is 1. The lowest BCUT2D eigenvalue weighted by atomic mass is 10.1. The minimum absolute atomic E-state index is 0.144. The topological polar surface area (TPSA) is 34.1 Å². The minimum Gasteiger partial charge on any atom is -0.494 e. The number of aromatic nitrogens is 1. The highest BCUT2D eigenvalue weighted by Gasteiger charge is 2.09. The molecule has 0 bridgehead atoms. The Hall–Kier alpha value is -1.46. The molecular formula is C15H19FN2OS. The Morgan fingerprint density at radius 3 is 2.90 bits per heavy atom. The van der Waals surface area contributed by atoms with Gasteiger partial charge in [-0.15, -0.1) is 11.3 Å². The van der Waals surface area contributed by atoms with Crippen LogP contribution in [0.3, 0.4) is 0 Å². The van der Waals surface area contributed by atoms with Crippen LogP contribution in [0.4, 0.5) is 4.39 Å². The van der Waals surface area contributed by atoms with E-state index in [0.717, 1.165) is 29.2 Å². The summed E-state index contributed by atoms with van der Waals surface area (Å²) in [5.41, 5.74) is 2.08. The lowest BCUT2D eigenvalue weighted by molar-refractivity contribution is 0.385. The van der Waals surface area contributed by atoms with Gasteiger partial charge in [-0.1, -0.05) is 6.07 Å². The van der Waals surface area contributed by atoms with Crippen molar-refractivity contribution in [3.63, 3.8) is 0 Å². The van der Waals surface area contributed by atoms with Gasteiger partial charge >= 0.3 is 0 Å². The zero-order chi connectivity index (χ0) is 14.5. The monoisotopic (exact) mass is 294 g/mol. The van der Waals surface area contributed by atoms with Crippen molar-refractivity contribution in [3.05, 3.63) is 45.7 Å². The van der Waals surface area contributed by atoms with Crippen LogP contribution in [0.25, 0.3) is 0 Å². The first-order valence-corrected chi connectivity index (χ1v) is 7.46. The molecule has 0 aliphatic carbocycles. The maximum atomic E-state index is 13.4. The summed E-state index contributed by atoms with van der Waals surface area (Å²) in [4.78, 5) is 4.43. The molecule has 5 heteroatoms. The van der Waals surface area contributed by atoms with Crippen LogP contribution in [0.2, 0.25) is 0 Å². The molecule has 1 unspecified atom stereocenters. The van der Waals surface area contributed by atoms with Crippen molar-refractivity contribution in [1.82, 2.24) is 10.3 Å². The molecule has 1 N–H and O–H groups in total. The fourth-order valence-corrected chi connectivity index (χ4v) is 2.75. The summed E-state index contributed by atoms with van der Waals surface area (Å²) in [7, 11) is 1.48. The average molecular weight is 294 g/mol. The van der Waals surface area contributed by atoms with Crippen molar-refractivity contribution >= 4 is 11.3 Å². The number of nitrogens with one attached hydrogen (secondary N) is 1. The predicted octanol–water partition coefficient (Wildman–Crippen LogP) is 3.49. The van der Waals surface area contributed by atoms with E-state index in [9.17, 15) is 4.39 Å². The summed E-state index contributed by atoms with van der Waals surface area (Å²) in [6.45, 7) is 4.90. The van der Waals surface area contributed by atoms with Gasteiger partial charge in [-0.05, 0) is 31.5 Å². The molecule has 0 aliphatic heterocycles. The summed E-state index contributed by atoms with van der Waals surface area (Å²) < 4.78 is 18.4. The molecule has 1 aromatic heterocycles. The normalized spacial score (nSPS) is 12.4. The number of aryl methyl sites for hydroxylation is 1. The molecule has 0 spiro atoms. The van der Waals surface area contributed by atoms with Crippen LogP contribution in [-0.2, 0) is 6.42 Å². The maximum Gasteiger partial charge on any atom is 0.165 e. The molecule has 0 saturated heterocycles. The Bertz CT molecular complexity index is 571. The van der Waals surface area contributed by atoms with Gasteiger partial charge < -0.3 is 10.1 Å². The van der Waals surface area contributed by atoms with Crippen molar-refractivity contribution in [2.45, 2.75) is 26.3 Å². The summed E-state index contributed by atoms with van der Waals surface area (Å²) in [6, 6.07) is 5.10. The summed E-state index contributed by atoms with van der Waals surface area (Å²) >= 11 is 1.68. The molecule has 2 aromatic rings. The van der Waals surface area contributed by atoms with Gasteiger partial charge in [-0.25, -0.2) is 9.37 Å². The standard InChI is InChI=1S/C15H19FN2OS/c1-10-9-20-15(18-10)6-7-17-11(2)12-4-5-13(16)14(8-12)19-3/h4-5,8-9,11,17H,6-7H2,1-3H3. The van der Waals surface area contributed by atoms with E-state index in [1.807, 2.05) is 6.92 Å². The molecule has 108 valence electrons. The van der Waals surface area contributed by atoms with E-state index in [-0.39, 0.29) is 17.6 Å². The molecule has 1 atom stereocenters. The van der Waals surface area contributed by atoms with Gasteiger partial charge in [0.25, 0.3) is 0 Å². The Kier molecular flexibility index (Phi) is 5.09. The molecule has 0 fully saturated rings. The number of methoxy groups -OCH3 is 1. The Morgan fingerprint density at radius 1 is 1.45 bits per heavy atom. The largest absolute Gasteiger partial charge is 0.494 e. The molecular weight excluding hydrogens is 275 g/mol. The number of ether oxygens (including phenoxy) is 1. The number of hydrogen-bond acceptors (Lipinski definition) is 4. The van der Waals surface area contributed by atoms with Crippen molar-refractivity contribution < 1.29 is 9.13 Å². The third kappa shape index (κ3) is 3.77. The first-order chi connectivity index (χ1) is 9.60. The van der Waals surface area contributed by atoms with Gasteiger partial charge in [0.15, 0.2) is 11.6 Å². The molecule has 0 radical (unpaired) electrons. The second-order valence-electron chi connectivity index (χ2n) is 4.70. The second kappa shape index (κ2) is 6.81. The molecule has 0 saturated carbocycles. The van der Waals surface area contributed by atoms with Crippen LogP contribution in [0.15, 0.2) is 23.6 Å². The molecule has 1 heterocycles. The highest BCUT2D eigenvalue weighted by Crippen LogP contribution is 2.22.